The SMILES string of the molecule is CC1(C)c2ccccc2-c2cc(-c3cccc4c5ccc6ccccc6c5n(-c5nc6ccccc6nc5-c5ccccc5)c34)ccc21. The van der Waals surface area contributed by atoms with Gasteiger partial charge in [0.2, 0.25) is 0 Å². The van der Waals surface area contributed by atoms with Crippen molar-refractivity contribution in [2.45, 2.75) is 19.3 Å². The minimum atomic E-state index is -0.0461. The zero-order valence-corrected chi connectivity index (χ0v) is 26.8. The molecule has 0 radical (unpaired) electrons. The molecule has 0 atom stereocenters. The van der Waals surface area contributed by atoms with E-state index in [4.69, 9.17) is 9.97 Å². The van der Waals surface area contributed by atoms with Crippen LogP contribution in [-0.4, -0.2) is 14.5 Å². The number of aromatic nitrogens is 3. The number of para-hydroxylation sites is 3. The molecule has 0 amide bonds. The van der Waals surface area contributed by atoms with Gasteiger partial charge in [-0.3, -0.25) is 4.57 Å². The highest BCUT2D eigenvalue weighted by Crippen LogP contribution is 2.50. The lowest BCUT2D eigenvalue weighted by atomic mass is 9.82. The number of hydrogen-bond donors (Lipinski definition) is 0. The predicted molar refractivity (Wildman–Crippen MR) is 200 cm³/mol. The number of fused-ring (bicyclic) bond motifs is 9. The molecule has 3 nitrogen and oxygen atoms in total. The summed E-state index contributed by atoms with van der Waals surface area (Å²) in [5.74, 6) is 0.830. The molecule has 7 aromatic carbocycles. The van der Waals surface area contributed by atoms with Crippen LogP contribution in [0.5, 0.6) is 0 Å². The van der Waals surface area contributed by atoms with Crippen LogP contribution in [0.25, 0.3) is 82.9 Å². The van der Waals surface area contributed by atoms with Gasteiger partial charge in [-0.05, 0) is 51.4 Å². The van der Waals surface area contributed by atoms with Gasteiger partial charge >= 0.3 is 0 Å². The third kappa shape index (κ3) is 3.76. The molecule has 2 heterocycles. The fourth-order valence-electron chi connectivity index (χ4n) is 8.10. The van der Waals surface area contributed by atoms with Gasteiger partial charge in [0.15, 0.2) is 5.82 Å². The van der Waals surface area contributed by atoms with E-state index < -0.39 is 0 Å². The fraction of sp³-hybridized carbons (Fsp3) is 0.0667. The van der Waals surface area contributed by atoms with Gasteiger partial charge < -0.3 is 0 Å². The largest absolute Gasteiger partial charge is 0.291 e. The van der Waals surface area contributed by atoms with Crippen molar-refractivity contribution in [3.63, 3.8) is 0 Å². The van der Waals surface area contributed by atoms with Crippen molar-refractivity contribution in [2.75, 3.05) is 0 Å². The summed E-state index contributed by atoms with van der Waals surface area (Å²) in [6.45, 7) is 4.68. The molecule has 0 saturated carbocycles. The normalized spacial score (nSPS) is 13.4. The van der Waals surface area contributed by atoms with Crippen LogP contribution in [0.4, 0.5) is 0 Å². The van der Waals surface area contributed by atoms with Gasteiger partial charge in [-0.2, -0.15) is 0 Å². The smallest absolute Gasteiger partial charge is 0.165 e. The minimum absolute atomic E-state index is 0.0461. The Bertz CT molecular complexity index is 2750. The van der Waals surface area contributed by atoms with E-state index in [1.165, 1.54) is 54.9 Å². The molecule has 226 valence electrons. The van der Waals surface area contributed by atoms with Crippen molar-refractivity contribution >= 4 is 43.6 Å². The second-order valence-corrected chi connectivity index (χ2v) is 13.4. The third-order valence-electron chi connectivity index (χ3n) is 10.4. The fourth-order valence-corrected chi connectivity index (χ4v) is 8.10. The highest BCUT2D eigenvalue weighted by atomic mass is 15.1. The molecule has 0 unspecified atom stereocenters. The Balaban J connectivity index is 1.37. The van der Waals surface area contributed by atoms with Gasteiger partial charge in [-0.15, -0.1) is 0 Å². The van der Waals surface area contributed by atoms with E-state index in [1.807, 2.05) is 12.1 Å². The first-order valence-electron chi connectivity index (χ1n) is 16.6. The minimum Gasteiger partial charge on any atom is -0.291 e. The first-order valence-corrected chi connectivity index (χ1v) is 16.6. The van der Waals surface area contributed by atoms with Crippen LogP contribution in [0, 0.1) is 0 Å². The molecule has 0 fully saturated rings. The quantitative estimate of drug-likeness (QED) is 0.198. The van der Waals surface area contributed by atoms with E-state index in [9.17, 15) is 0 Å². The number of benzene rings is 7. The van der Waals surface area contributed by atoms with Gasteiger partial charge in [0, 0.05) is 32.7 Å². The Morgan fingerprint density at radius 3 is 2.00 bits per heavy atom. The Labute approximate surface area is 278 Å². The number of rotatable bonds is 3. The summed E-state index contributed by atoms with van der Waals surface area (Å²) < 4.78 is 2.40. The first-order chi connectivity index (χ1) is 23.6. The highest BCUT2D eigenvalue weighted by molar-refractivity contribution is 6.21. The summed E-state index contributed by atoms with van der Waals surface area (Å²) in [6.07, 6.45) is 0. The molecular formula is C45H31N3. The van der Waals surface area contributed by atoms with E-state index in [1.54, 1.807) is 0 Å². The molecule has 1 aliphatic carbocycles. The van der Waals surface area contributed by atoms with Crippen LogP contribution in [0.3, 0.4) is 0 Å². The van der Waals surface area contributed by atoms with Crippen molar-refractivity contribution in [1.29, 1.82) is 0 Å². The van der Waals surface area contributed by atoms with E-state index in [0.29, 0.717) is 0 Å². The van der Waals surface area contributed by atoms with Gasteiger partial charge in [0.1, 0.15) is 5.69 Å². The van der Waals surface area contributed by atoms with Gasteiger partial charge in [-0.1, -0.05) is 147 Å². The Morgan fingerprint density at radius 2 is 1.12 bits per heavy atom. The lowest BCUT2D eigenvalue weighted by Crippen LogP contribution is -2.14. The summed E-state index contributed by atoms with van der Waals surface area (Å²) in [7, 11) is 0. The third-order valence-corrected chi connectivity index (χ3v) is 10.4. The molecule has 0 spiro atoms. The predicted octanol–water partition coefficient (Wildman–Crippen LogP) is 11.5. The summed E-state index contributed by atoms with van der Waals surface area (Å²) in [6, 6.07) is 54.5. The molecule has 0 N–H and O–H groups in total. The van der Waals surface area contributed by atoms with Crippen LogP contribution in [-0.2, 0) is 5.41 Å². The summed E-state index contributed by atoms with van der Waals surface area (Å²) in [5.41, 5.74) is 13.6. The number of nitrogens with zero attached hydrogens (tertiary/aromatic N) is 3. The van der Waals surface area contributed by atoms with Crippen LogP contribution < -0.4 is 0 Å². The van der Waals surface area contributed by atoms with Crippen LogP contribution >= 0.6 is 0 Å². The monoisotopic (exact) mass is 613 g/mol. The highest BCUT2D eigenvalue weighted by Gasteiger charge is 2.35. The standard InChI is InChI=1S/C45H31N3/c1-45(2)37-20-9-8-17-33(37)36-27-30(24-26-38(36)45)32-18-12-19-34-35-25-23-28-13-6-7-16-31(28)42(35)48(43(32)34)44-41(29-14-4-3-5-15-29)46-39-21-10-11-22-40(39)47-44/h3-27H,1-2H3. The van der Waals surface area contributed by atoms with Crippen molar-refractivity contribution in [3.8, 4) is 39.3 Å². The van der Waals surface area contributed by atoms with Crippen molar-refractivity contribution in [1.82, 2.24) is 14.5 Å². The van der Waals surface area contributed by atoms with Crippen molar-refractivity contribution in [2.24, 2.45) is 0 Å². The van der Waals surface area contributed by atoms with Crippen molar-refractivity contribution < 1.29 is 0 Å². The molecule has 1 aliphatic rings. The number of hydrogen-bond acceptors (Lipinski definition) is 2. The van der Waals surface area contributed by atoms with Gasteiger partial charge in [-0.25, -0.2) is 9.97 Å². The van der Waals surface area contributed by atoms with Crippen LogP contribution in [0.1, 0.15) is 25.0 Å². The molecule has 2 aromatic heterocycles. The van der Waals surface area contributed by atoms with Gasteiger partial charge in [0.25, 0.3) is 0 Å². The lowest BCUT2D eigenvalue weighted by Gasteiger charge is -2.21. The van der Waals surface area contributed by atoms with E-state index in [-0.39, 0.29) is 5.41 Å². The Kier molecular flexibility index (Phi) is 5.63. The lowest BCUT2D eigenvalue weighted by molar-refractivity contribution is 0.660. The molecule has 10 rings (SSSR count). The van der Waals surface area contributed by atoms with E-state index in [0.717, 1.165) is 39.1 Å². The molecule has 0 bridgehead atoms. The Hall–Kier alpha value is -6.06. The first kappa shape index (κ1) is 27.1. The zero-order chi connectivity index (χ0) is 32.0. The Morgan fingerprint density at radius 1 is 0.458 bits per heavy atom. The maximum atomic E-state index is 5.44. The summed E-state index contributed by atoms with van der Waals surface area (Å²) in [4.78, 5) is 10.7. The maximum absolute atomic E-state index is 5.44. The van der Waals surface area contributed by atoms with E-state index in [2.05, 4.69) is 158 Å². The summed E-state index contributed by atoms with van der Waals surface area (Å²) >= 11 is 0. The second-order valence-electron chi connectivity index (χ2n) is 13.4. The van der Waals surface area contributed by atoms with Crippen LogP contribution in [0.2, 0.25) is 0 Å². The zero-order valence-electron chi connectivity index (χ0n) is 26.8. The topological polar surface area (TPSA) is 30.7 Å². The van der Waals surface area contributed by atoms with Crippen LogP contribution in [0.15, 0.2) is 152 Å². The summed E-state index contributed by atoms with van der Waals surface area (Å²) in [5, 5.41) is 4.79. The maximum Gasteiger partial charge on any atom is 0.165 e. The molecule has 0 saturated heterocycles. The molecule has 3 heteroatoms. The van der Waals surface area contributed by atoms with Crippen molar-refractivity contribution in [3.05, 3.63) is 163 Å². The second kappa shape index (κ2) is 9.97. The van der Waals surface area contributed by atoms with Gasteiger partial charge in [0.05, 0.1) is 22.1 Å². The van der Waals surface area contributed by atoms with E-state index >= 15 is 0 Å². The molecule has 48 heavy (non-hydrogen) atoms. The molecule has 9 aromatic rings. The average molecular weight is 614 g/mol. The molecular weight excluding hydrogens is 583 g/mol. The molecule has 0 aliphatic heterocycles. The average Bonchev–Trinajstić information content (AvgIpc) is 3.60.